The molecule has 0 aliphatic carbocycles. The maximum Gasteiger partial charge on any atom is 0.264 e. The maximum absolute atomic E-state index is 14.3. The summed E-state index contributed by atoms with van der Waals surface area (Å²) in [4.78, 5) is 29.6. The molecule has 7 nitrogen and oxygen atoms in total. The highest BCUT2D eigenvalue weighted by molar-refractivity contribution is 9.10. The molecule has 0 saturated heterocycles. The van der Waals surface area contributed by atoms with Gasteiger partial charge in [-0.05, 0) is 61.4 Å². The SMILES string of the molecule is CC(C)NC(=O)C(Cc1ccccc1)N(Cc1cccc(Br)c1)C(=O)CN(c1ccccc1)S(=O)(=O)c1ccccc1. The highest BCUT2D eigenvalue weighted by Crippen LogP contribution is 2.25. The van der Waals surface area contributed by atoms with E-state index in [-0.39, 0.29) is 29.8 Å². The number of carbonyl (C=O) groups is 2. The Morgan fingerprint density at radius 1 is 0.786 bits per heavy atom. The zero-order chi connectivity index (χ0) is 30.1. The lowest BCUT2D eigenvalue weighted by Crippen LogP contribution is -2.54. The highest BCUT2D eigenvalue weighted by atomic mass is 79.9. The Bertz CT molecular complexity index is 1580. The van der Waals surface area contributed by atoms with E-state index in [4.69, 9.17) is 0 Å². The Labute approximate surface area is 256 Å². The van der Waals surface area contributed by atoms with Crippen LogP contribution in [0.5, 0.6) is 0 Å². The molecule has 0 heterocycles. The van der Waals surface area contributed by atoms with Crippen molar-refractivity contribution in [1.82, 2.24) is 10.2 Å². The van der Waals surface area contributed by atoms with Gasteiger partial charge in [-0.15, -0.1) is 0 Å². The van der Waals surface area contributed by atoms with E-state index < -0.39 is 28.5 Å². The van der Waals surface area contributed by atoms with E-state index in [0.29, 0.717) is 5.69 Å². The van der Waals surface area contributed by atoms with Crippen LogP contribution in [0.3, 0.4) is 0 Å². The first kappa shape index (κ1) is 31.0. The minimum absolute atomic E-state index is 0.0681. The monoisotopic (exact) mass is 647 g/mol. The molecule has 0 saturated carbocycles. The molecule has 2 amide bonds. The molecular weight excluding hydrogens is 614 g/mol. The van der Waals surface area contributed by atoms with Gasteiger partial charge in [-0.1, -0.05) is 94.8 Å². The molecule has 1 atom stereocenters. The molecule has 1 unspecified atom stereocenters. The van der Waals surface area contributed by atoms with Crippen LogP contribution >= 0.6 is 15.9 Å². The molecule has 42 heavy (non-hydrogen) atoms. The van der Waals surface area contributed by atoms with Crippen LogP contribution in [-0.4, -0.2) is 43.8 Å². The van der Waals surface area contributed by atoms with Crippen LogP contribution in [0.4, 0.5) is 5.69 Å². The standard InChI is InChI=1S/C33H34BrN3O4S/c1-25(2)35-33(39)31(22-26-13-6-3-7-14-26)36(23-27-15-12-16-28(34)21-27)32(38)24-37(29-17-8-4-9-18-29)42(40,41)30-19-10-5-11-20-30/h3-21,25,31H,22-24H2,1-2H3,(H,35,39). The van der Waals surface area contributed by atoms with Crippen molar-refractivity contribution in [2.75, 3.05) is 10.8 Å². The second-order valence-electron chi connectivity index (χ2n) is 10.2. The number of benzene rings is 4. The molecule has 4 aromatic carbocycles. The molecule has 0 fully saturated rings. The number of nitrogens with zero attached hydrogens (tertiary/aromatic N) is 2. The van der Waals surface area contributed by atoms with Crippen LogP contribution in [0, 0.1) is 0 Å². The summed E-state index contributed by atoms with van der Waals surface area (Å²) in [6.45, 7) is 3.34. The first-order chi connectivity index (χ1) is 20.1. The molecular formula is C33H34BrN3O4S. The zero-order valence-corrected chi connectivity index (χ0v) is 26.0. The third-order valence-corrected chi connectivity index (χ3v) is 8.88. The molecule has 4 aromatic rings. The second-order valence-corrected chi connectivity index (χ2v) is 13.0. The number of halogens is 1. The van der Waals surface area contributed by atoms with Crippen molar-refractivity contribution in [3.8, 4) is 0 Å². The lowest BCUT2D eigenvalue weighted by Gasteiger charge is -2.34. The molecule has 0 radical (unpaired) electrons. The predicted molar refractivity (Wildman–Crippen MR) is 169 cm³/mol. The van der Waals surface area contributed by atoms with Gasteiger partial charge >= 0.3 is 0 Å². The number of hydrogen-bond donors (Lipinski definition) is 1. The van der Waals surface area contributed by atoms with Gasteiger partial charge in [-0.2, -0.15) is 0 Å². The summed E-state index contributed by atoms with van der Waals surface area (Å²) in [5, 5.41) is 2.96. The van der Waals surface area contributed by atoms with E-state index in [9.17, 15) is 18.0 Å². The Morgan fingerprint density at radius 2 is 1.36 bits per heavy atom. The number of para-hydroxylation sites is 1. The zero-order valence-electron chi connectivity index (χ0n) is 23.6. The molecule has 0 bridgehead atoms. The topological polar surface area (TPSA) is 86.8 Å². The van der Waals surface area contributed by atoms with Crippen molar-refractivity contribution >= 4 is 43.5 Å². The van der Waals surface area contributed by atoms with Crippen LogP contribution in [0.2, 0.25) is 0 Å². The lowest BCUT2D eigenvalue weighted by atomic mass is 10.0. The van der Waals surface area contributed by atoms with Gasteiger partial charge in [0, 0.05) is 23.5 Å². The van der Waals surface area contributed by atoms with Gasteiger partial charge in [-0.3, -0.25) is 13.9 Å². The van der Waals surface area contributed by atoms with E-state index in [1.807, 2.05) is 68.4 Å². The fourth-order valence-corrected chi connectivity index (χ4v) is 6.49. The number of hydrogen-bond acceptors (Lipinski definition) is 4. The number of carbonyl (C=O) groups excluding carboxylic acids is 2. The van der Waals surface area contributed by atoms with Gasteiger partial charge in [0.1, 0.15) is 12.6 Å². The van der Waals surface area contributed by atoms with Crippen LogP contribution < -0.4 is 9.62 Å². The molecule has 218 valence electrons. The number of rotatable bonds is 12. The van der Waals surface area contributed by atoms with Crippen LogP contribution in [0.1, 0.15) is 25.0 Å². The molecule has 1 N–H and O–H groups in total. The Hall–Kier alpha value is -3.95. The first-order valence-corrected chi connectivity index (χ1v) is 15.9. The molecule has 0 spiro atoms. The smallest absolute Gasteiger partial charge is 0.264 e. The van der Waals surface area contributed by atoms with Gasteiger partial charge in [-0.25, -0.2) is 8.42 Å². The minimum atomic E-state index is -4.11. The summed E-state index contributed by atoms with van der Waals surface area (Å²) in [7, 11) is -4.11. The maximum atomic E-state index is 14.3. The van der Waals surface area contributed by atoms with Gasteiger partial charge in [0.2, 0.25) is 11.8 Å². The van der Waals surface area contributed by atoms with Crippen LogP contribution in [0.15, 0.2) is 125 Å². The predicted octanol–water partition coefficient (Wildman–Crippen LogP) is 5.81. The number of anilines is 1. The second kappa shape index (κ2) is 14.3. The summed E-state index contributed by atoms with van der Waals surface area (Å²) in [5.74, 6) is -0.812. The van der Waals surface area contributed by atoms with Crippen molar-refractivity contribution in [3.63, 3.8) is 0 Å². The summed E-state index contributed by atoms with van der Waals surface area (Å²) in [6, 6.07) is 32.5. The third-order valence-electron chi connectivity index (χ3n) is 6.60. The summed E-state index contributed by atoms with van der Waals surface area (Å²) >= 11 is 3.49. The molecule has 0 aliphatic heterocycles. The van der Waals surface area contributed by atoms with Gasteiger partial charge in [0.05, 0.1) is 10.6 Å². The Kier molecular flexibility index (Phi) is 10.5. The van der Waals surface area contributed by atoms with Crippen molar-refractivity contribution in [1.29, 1.82) is 0 Å². The van der Waals surface area contributed by atoms with E-state index >= 15 is 0 Å². The summed E-state index contributed by atoms with van der Waals surface area (Å²) in [5.41, 5.74) is 2.03. The average Bonchev–Trinajstić information content (AvgIpc) is 2.98. The van der Waals surface area contributed by atoms with Crippen molar-refractivity contribution < 1.29 is 18.0 Å². The van der Waals surface area contributed by atoms with Crippen molar-refractivity contribution in [3.05, 3.63) is 131 Å². The normalized spacial score (nSPS) is 12.0. The average molecular weight is 649 g/mol. The summed E-state index contributed by atoms with van der Waals surface area (Å²) in [6.07, 6.45) is 0.260. The highest BCUT2D eigenvalue weighted by Gasteiger charge is 2.34. The van der Waals surface area contributed by atoms with E-state index in [0.717, 1.165) is 19.9 Å². The Balaban J connectivity index is 1.78. The Morgan fingerprint density at radius 3 is 1.95 bits per heavy atom. The number of nitrogens with one attached hydrogen (secondary N) is 1. The molecule has 0 aromatic heterocycles. The molecule has 4 rings (SSSR count). The van der Waals surface area contributed by atoms with E-state index in [2.05, 4.69) is 21.2 Å². The third kappa shape index (κ3) is 8.08. The molecule has 9 heteroatoms. The van der Waals surface area contributed by atoms with Crippen molar-refractivity contribution in [2.24, 2.45) is 0 Å². The van der Waals surface area contributed by atoms with Crippen molar-refractivity contribution in [2.45, 2.75) is 43.8 Å². The fraction of sp³-hybridized carbons (Fsp3) is 0.212. The van der Waals surface area contributed by atoms with Gasteiger partial charge < -0.3 is 10.2 Å². The fourth-order valence-electron chi connectivity index (χ4n) is 4.61. The largest absolute Gasteiger partial charge is 0.352 e. The minimum Gasteiger partial charge on any atom is -0.352 e. The lowest BCUT2D eigenvalue weighted by molar-refractivity contribution is -0.140. The van der Waals surface area contributed by atoms with E-state index in [1.54, 1.807) is 48.5 Å². The summed E-state index contributed by atoms with van der Waals surface area (Å²) < 4.78 is 29.7. The van der Waals surface area contributed by atoms with Gasteiger partial charge in [0.15, 0.2) is 0 Å². The first-order valence-electron chi connectivity index (χ1n) is 13.7. The van der Waals surface area contributed by atoms with Crippen LogP contribution in [0.25, 0.3) is 0 Å². The van der Waals surface area contributed by atoms with E-state index in [1.165, 1.54) is 17.0 Å². The van der Waals surface area contributed by atoms with Crippen LogP contribution in [-0.2, 0) is 32.6 Å². The number of amides is 2. The quantitative estimate of drug-likeness (QED) is 0.210. The molecule has 0 aliphatic rings. The number of sulfonamides is 1. The van der Waals surface area contributed by atoms with Gasteiger partial charge in [0.25, 0.3) is 10.0 Å².